The van der Waals surface area contributed by atoms with Crippen molar-refractivity contribution in [2.24, 2.45) is 0 Å². The first-order chi connectivity index (χ1) is 20.5. The molecule has 0 amide bonds. The molecule has 4 aromatic rings. The van der Waals surface area contributed by atoms with Crippen molar-refractivity contribution in [2.45, 2.75) is 39.0 Å². The van der Waals surface area contributed by atoms with E-state index in [0.717, 1.165) is 56.8 Å². The number of ketones is 4. The Morgan fingerprint density at radius 1 is 0.605 bits per heavy atom. The van der Waals surface area contributed by atoms with Gasteiger partial charge in [0.25, 0.3) is 0 Å². The summed E-state index contributed by atoms with van der Waals surface area (Å²) in [7, 11) is 0. The lowest BCUT2D eigenvalue weighted by atomic mass is 9.75. The lowest BCUT2D eigenvalue weighted by Gasteiger charge is -2.28. The predicted molar refractivity (Wildman–Crippen MR) is 160 cm³/mol. The molecule has 0 unspecified atom stereocenters. The number of Topliss-reactive ketones (excluding diaryl/α,β-unsaturated/α-hetero) is 4. The Bertz CT molecular complexity index is 1840. The van der Waals surface area contributed by atoms with Gasteiger partial charge in [0.15, 0.2) is 34.8 Å². The van der Waals surface area contributed by atoms with E-state index in [1.165, 1.54) is 34.8 Å². The van der Waals surface area contributed by atoms with Crippen LogP contribution in [0.3, 0.4) is 0 Å². The van der Waals surface area contributed by atoms with Crippen molar-refractivity contribution in [3.8, 4) is 9.75 Å². The third-order valence-electron chi connectivity index (χ3n) is 8.84. The molecule has 0 N–H and O–H groups in total. The molecular formula is C34H21F3O4S2. The molecule has 2 heterocycles. The average molecular weight is 615 g/mol. The molecule has 43 heavy (non-hydrogen) atoms. The molecule has 0 atom stereocenters. The van der Waals surface area contributed by atoms with Gasteiger partial charge in [0.05, 0.1) is 11.1 Å². The number of carbonyl (C=O) groups excluding carboxylic acids is 4. The summed E-state index contributed by atoms with van der Waals surface area (Å²) in [6.45, 7) is 5.71. The second-order valence-electron chi connectivity index (χ2n) is 11.0. The third-order valence-corrected chi connectivity index (χ3v) is 11.2. The molecule has 0 saturated heterocycles. The lowest BCUT2D eigenvalue weighted by Crippen LogP contribution is -2.22. The average Bonchev–Trinajstić information content (AvgIpc) is 3.74. The van der Waals surface area contributed by atoms with Crippen molar-refractivity contribution in [1.82, 2.24) is 0 Å². The summed E-state index contributed by atoms with van der Waals surface area (Å²) < 4.78 is 41.8. The highest BCUT2D eigenvalue weighted by molar-refractivity contribution is 7.23. The molecule has 0 aliphatic heterocycles. The number of fused-ring (bicyclic) bond motifs is 5. The Hall–Kier alpha value is -4.21. The van der Waals surface area contributed by atoms with Crippen LogP contribution in [0.1, 0.15) is 94.6 Å². The van der Waals surface area contributed by atoms with Crippen LogP contribution in [0.15, 0.2) is 47.5 Å². The molecule has 3 aliphatic rings. The summed E-state index contributed by atoms with van der Waals surface area (Å²) in [5, 5.41) is 0. The van der Waals surface area contributed by atoms with E-state index in [9.17, 15) is 32.3 Å². The number of allylic oxidation sites excluding steroid dienone is 2. The topological polar surface area (TPSA) is 68.3 Å². The van der Waals surface area contributed by atoms with E-state index in [4.69, 9.17) is 0 Å². The second-order valence-corrected chi connectivity index (χ2v) is 13.1. The SMILES string of the molecule is CCC1(CC)c2cc(C=C3C(=O)c4cc(F)c(F)cc4C3=O)sc2-c2sc(/C=C3/C(=O)c4cc(C)c(F)cc4C3=O)cc21. The summed E-state index contributed by atoms with van der Waals surface area (Å²) in [5.74, 6) is -5.11. The van der Waals surface area contributed by atoms with Crippen LogP contribution < -0.4 is 0 Å². The maximum absolute atomic E-state index is 14.2. The van der Waals surface area contributed by atoms with E-state index >= 15 is 0 Å². The van der Waals surface area contributed by atoms with Gasteiger partial charge in [-0.25, -0.2) is 13.2 Å². The number of benzene rings is 2. The zero-order valence-corrected chi connectivity index (χ0v) is 24.7. The van der Waals surface area contributed by atoms with Gasteiger partial charge in [-0.3, -0.25) is 19.2 Å². The number of hydrogen-bond donors (Lipinski definition) is 0. The molecule has 2 aromatic carbocycles. The summed E-state index contributed by atoms with van der Waals surface area (Å²) in [5.41, 5.74) is 1.92. The Morgan fingerprint density at radius 2 is 0.977 bits per heavy atom. The van der Waals surface area contributed by atoms with Crippen molar-refractivity contribution < 1.29 is 32.3 Å². The molecule has 0 saturated carbocycles. The molecule has 7 rings (SSSR count). The third kappa shape index (κ3) is 3.74. The molecule has 0 fully saturated rings. The van der Waals surface area contributed by atoms with Crippen LogP contribution in [0.4, 0.5) is 13.2 Å². The van der Waals surface area contributed by atoms with E-state index in [-0.39, 0.29) is 38.8 Å². The smallest absolute Gasteiger partial charge is 0.197 e. The maximum atomic E-state index is 14.2. The van der Waals surface area contributed by atoms with Crippen molar-refractivity contribution in [3.05, 3.63) is 114 Å². The number of aryl methyl sites for hydroxylation is 1. The minimum absolute atomic E-state index is 0.000966. The number of rotatable bonds is 4. The van der Waals surface area contributed by atoms with Crippen LogP contribution >= 0.6 is 22.7 Å². The van der Waals surface area contributed by atoms with E-state index in [0.29, 0.717) is 10.4 Å². The predicted octanol–water partition coefficient (Wildman–Crippen LogP) is 8.55. The van der Waals surface area contributed by atoms with Crippen LogP contribution in [0.25, 0.3) is 21.9 Å². The van der Waals surface area contributed by atoms with E-state index in [2.05, 4.69) is 13.8 Å². The molecule has 0 spiro atoms. The van der Waals surface area contributed by atoms with Crippen molar-refractivity contribution in [3.63, 3.8) is 0 Å². The van der Waals surface area contributed by atoms with Crippen LogP contribution in [0, 0.1) is 24.4 Å². The quantitative estimate of drug-likeness (QED) is 0.171. The van der Waals surface area contributed by atoms with E-state index in [1.807, 2.05) is 12.1 Å². The highest BCUT2D eigenvalue weighted by Crippen LogP contribution is 2.59. The standard InChI is InChI=1S/C34H21F3O4S2/c1-4-34(5-2)23-9-15(7-21-28(38)17-6-14(3)25(35)11-18(17)29(21)39)42-32(23)33-24(34)10-16(43-33)8-22-30(40)19-12-26(36)27(37)13-20(19)31(22)41/h6-13H,4-5H2,1-3H3/b21-7-. The van der Waals surface area contributed by atoms with Gasteiger partial charge >= 0.3 is 0 Å². The number of halogens is 3. The molecular weight excluding hydrogens is 593 g/mol. The van der Waals surface area contributed by atoms with Crippen molar-refractivity contribution in [1.29, 1.82) is 0 Å². The summed E-state index contributed by atoms with van der Waals surface area (Å²) in [6, 6.07) is 8.04. The highest BCUT2D eigenvalue weighted by Gasteiger charge is 2.44. The number of hydrogen-bond acceptors (Lipinski definition) is 6. The van der Waals surface area contributed by atoms with E-state index < -0.39 is 40.6 Å². The minimum Gasteiger partial charge on any atom is -0.288 e. The molecule has 0 bridgehead atoms. The fourth-order valence-electron chi connectivity index (χ4n) is 6.48. The molecule has 0 radical (unpaired) electrons. The molecule has 3 aliphatic carbocycles. The zero-order chi connectivity index (χ0) is 30.5. The Kier molecular flexibility index (Phi) is 6.03. The first kappa shape index (κ1) is 27.6. The molecule has 9 heteroatoms. The summed E-state index contributed by atoms with van der Waals surface area (Å²) >= 11 is 2.85. The van der Waals surface area contributed by atoms with Gasteiger partial charge in [-0.15, -0.1) is 22.7 Å². The van der Waals surface area contributed by atoms with Gasteiger partial charge < -0.3 is 0 Å². The van der Waals surface area contributed by atoms with Gasteiger partial charge in [-0.2, -0.15) is 0 Å². The Morgan fingerprint density at radius 3 is 1.37 bits per heavy atom. The van der Waals surface area contributed by atoms with Crippen LogP contribution in [0.5, 0.6) is 0 Å². The Balaban J connectivity index is 1.30. The highest BCUT2D eigenvalue weighted by atomic mass is 32.1. The van der Waals surface area contributed by atoms with Crippen LogP contribution in [0.2, 0.25) is 0 Å². The van der Waals surface area contributed by atoms with E-state index in [1.54, 1.807) is 13.0 Å². The fourth-order valence-corrected chi connectivity index (χ4v) is 9.04. The summed E-state index contributed by atoms with van der Waals surface area (Å²) in [4.78, 5) is 55.5. The second kappa shape index (κ2) is 9.39. The minimum atomic E-state index is -1.19. The summed E-state index contributed by atoms with van der Waals surface area (Å²) in [6.07, 6.45) is 4.59. The van der Waals surface area contributed by atoms with Gasteiger partial charge in [0, 0.05) is 47.2 Å². The van der Waals surface area contributed by atoms with Gasteiger partial charge in [0.1, 0.15) is 5.82 Å². The molecule has 2 aromatic heterocycles. The monoisotopic (exact) mass is 614 g/mol. The maximum Gasteiger partial charge on any atom is 0.197 e. The van der Waals surface area contributed by atoms with Crippen LogP contribution in [-0.2, 0) is 5.41 Å². The number of thiophene rings is 2. The fraction of sp³-hybridized carbons (Fsp3) is 0.176. The largest absolute Gasteiger partial charge is 0.288 e. The molecule has 4 nitrogen and oxygen atoms in total. The van der Waals surface area contributed by atoms with Crippen LogP contribution in [-0.4, -0.2) is 23.1 Å². The zero-order valence-electron chi connectivity index (χ0n) is 23.1. The molecule has 214 valence electrons. The van der Waals surface area contributed by atoms with Gasteiger partial charge in [0.2, 0.25) is 0 Å². The number of carbonyl (C=O) groups is 4. The Labute approximate surface area is 252 Å². The first-order valence-corrected chi connectivity index (χ1v) is 15.3. The van der Waals surface area contributed by atoms with Gasteiger partial charge in [-0.1, -0.05) is 13.8 Å². The first-order valence-electron chi connectivity index (χ1n) is 13.7. The van der Waals surface area contributed by atoms with Gasteiger partial charge in [-0.05, 0) is 85.0 Å². The normalized spacial score (nSPS) is 17.2. The van der Waals surface area contributed by atoms with Crippen molar-refractivity contribution in [2.75, 3.05) is 0 Å². The van der Waals surface area contributed by atoms with Crippen molar-refractivity contribution >= 4 is 58.0 Å². The lowest BCUT2D eigenvalue weighted by molar-refractivity contribution is 0.0975.